The summed E-state index contributed by atoms with van der Waals surface area (Å²) in [5.41, 5.74) is 2.20. The summed E-state index contributed by atoms with van der Waals surface area (Å²) in [4.78, 5) is 7.67. The largest absolute Gasteiger partial charge is 0.393 e. The van der Waals surface area contributed by atoms with Crippen LogP contribution in [0.3, 0.4) is 0 Å². The highest BCUT2D eigenvalue weighted by atomic mass is 16.6. The number of ether oxygens (including phenoxy) is 1. The Labute approximate surface area is 101 Å². The number of hydrogen-bond acceptors (Lipinski definition) is 4. The third kappa shape index (κ3) is 2.18. The highest BCUT2D eigenvalue weighted by Crippen LogP contribution is 2.17. The number of oxime groups is 1. The van der Waals surface area contributed by atoms with Gasteiger partial charge in [-0.25, -0.2) is 0 Å². The van der Waals surface area contributed by atoms with E-state index in [2.05, 4.69) is 22.2 Å². The molecule has 2 heterocycles. The van der Waals surface area contributed by atoms with Crippen molar-refractivity contribution in [3.63, 3.8) is 0 Å². The molecule has 1 atom stereocenters. The van der Waals surface area contributed by atoms with Gasteiger partial charge in [-0.15, -0.1) is 0 Å². The number of benzene rings is 1. The second kappa shape index (κ2) is 4.85. The van der Waals surface area contributed by atoms with Gasteiger partial charge in [0.15, 0.2) is 0 Å². The van der Waals surface area contributed by atoms with Gasteiger partial charge in [0.2, 0.25) is 0 Å². The second-order valence-corrected chi connectivity index (χ2v) is 4.30. The van der Waals surface area contributed by atoms with Crippen LogP contribution in [0, 0.1) is 0 Å². The molecule has 90 valence electrons. The van der Waals surface area contributed by atoms with Crippen molar-refractivity contribution in [2.24, 2.45) is 5.16 Å². The molecule has 0 aromatic heterocycles. The Bertz CT molecular complexity index is 399. The molecule has 1 aromatic rings. The molecule has 1 fully saturated rings. The summed E-state index contributed by atoms with van der Waals surface area (Å²) < 4.78 is 5.38. The summed E-state index contributed by atoms with van der Waals surface area (Å²) in [7, 11) is 0. The lowest BCUT2D eigenvalue weighted by Crippen LogP contribution is -2.47. The van der Waals surface area contributed by atoms with Gasteiger partial charge in [-0.2, -0.15) is 0 Å². The summed E-state index contributed by atoms with van der Waals surface area (Å²) in [5.74, 6) is 0. The van der Waals surface area contributed by atoms with Gasteiger partial charge in [0, 0.05) is 18.7 Å². The molecule has 0 amide bonds. The van der Waals surface area contributed by atoms with Gasteiger partial charge in [-0.1, -0.05) is 35.5 Å². The molecule has 1 aromatic carbocycles. The highest BCUT2D eigenvalue weighted by Gasteiger charge is 2.31. The van der Waals surface area contributed by atoms with Crippen LogP contribution in [0.1, 0.15) is 5.56 Å². The topological polar surface area (TPSA) is 34.1 Å². The highest BCUT2D eigenvalue weighted by molar-refractivity contribution is 6.04. The Kier molecular flexibility index (Phi) is 3.07. The lowest BCUT2D eigenvalue weighted by atomic mass is 10.0. The van der Waals surface area contributed by atoms with Crippen molar-refractivity contribution >= 4 is 5.71 Å². The molecule has 0 N–H and O–H groups in total. The quantitative estimate of drug-likeness (QED) is 0.766. The third-order valence-electron chi connectivity index (χ3n) is 3.27. The van der Waals surface area contributed by atoms with Crippen LogP contribution in [0.15, 0.2) is 35.5 Å². The average molecular weight is 232 g/mol. The molecule has 0 spiro atoms. The Morgan fingerprint density at radius 1 is 1.12 bits per heavy atom. The maximum atomic E-state index is 5.38. The Morgan fingerprint density at radius 2 is 1.88 bits per heavy atom. The minimum absolute atomic E-state index is 0.279. The molecule has 0 aliphatic carbocycles. The molecule has 4 nitrogen and oxygen atoms in total. The van der Waals surface area contributed by atoms with Crippen LogP contribution in [0.25, 0.3) is 0 Å². The summed E-state index contributed by atoms with van der Waals surface area (Å²) in [5, 5.41) is 4.20. The molecule has 0 saturated carbocycles. The van der Waals surface area contributed by atoms with Crippen molar-refractivity contribution < 1.29 is 9.57 Å². The van der Waals surface area contributed by atoms with Gasteiger partial charge in [-0.05, 0) is 0 Å². The van der Waals surface area contributed by atoms with Crippen molar-refractivity contribution in [1.29, 1.82) is 0 Å². The van der Waals surface area contributed by atoms with Crippen molar-refractivity contribution in [1.82, 2.24) is 4.90 Å². The van der Waals surface area contributed by atoms with Crippen LogP contribution in [0.2, 0.25) is 0 Å². The van der Waals surface area contributed by atoms with Gasteiger partial charge in [0.1, 0.15) is 12.3 Å². The maximum absolute atomic E-state index is 5.38. The van der Waals surface area contributed by atoms with E-state index < -0.39 is 0 Å². The molecular weight excluding hydrogens is 216 g/mol. The van der Waals surface area contributed by atoms with E-state index in [9.17, 15) is 0 Å². The van der Waals surface area contributed by atoms with E-state index in [4.69, 9.17) is 9.57 Å². The van der Waals surface area contributed by atoms with Crippen LogP contribution in [-0.4, -0.2) is 49.6 Å². The van der Waals surface area contributed by atoms with Crippen molar-refractivity contribution in [2.45, 2.75) is 6.04 Å². The molecule has 1 unspecified atom stereocenters. The Hall–Kier alpha value is -1.39. The van der Waals surface area contributed by atoms with Gasteiger partial charge in [-0.3, -0.25) is 4.90 Å². The minimum Gasteiger partial charge on any atom is -0.393 e. The zero-order chi connectivity index (χ0) is 11.5. The van der Waals surface area contributed by atoms with Gasteiger partial charge in [0.25, 0.3) is 0 Å². The van der Waals surface area contributed by atoms with E-state index >= 15 is 0 Å². The van der Waals surface area contributed by atoms with Crippen LogP contribution >= 0.6 is 0 Å². The SMILES string of the molecule is c1ccc(C2=NOCC2N2CCOCC2)cc1. The normalized spacial score (nSPS) is 25.4. The fourth-order valence-corrected chi connectivity index (χ4v) is 2.34. The van der Waals surface area contributed by atoms with E-state index in [0.717, 1.165) is 37.6 Å². The number of rotatable bonds is 2. The minimum atomic E-state index is 0.279. The standard InChI is InChI=1S/C13H16N2O2/c1-2-4-11(5-3-1)13-12(10-17-14-13)15-6-8-16-9-7-15/h1-5,12H,6-10H2. The van der Waals surface area contributed by atoms with Crippen LogP contribution in [0.5, 0.6) is 0 Å². The average Bonchev–Trinajstić information content (AvgIpc) is 2.90. The summed E-state index contributed by atoms with van der Waals surface area (Å²) in [6, 6.07) is 10.5. The maximum Gasteiger partial charge on any atom is 0.138 e. The Morgan fingerprint density at radius 3 is 2.65 bits per heavy atom. The van der Waals surface area contributed by atoms with Crippen LogP contribution in [0.4, 0.5) is 0 Å². The van der Waals surface area contributed by atoms with E-state index in [1.807, 2.05) is 18.2 Å². The fraction of sp³-hybridized carbons (Fsp3) is 0.462. The molecule has 2 aliphatic rings. The number of nitrogens with zero attached hydrogens (tertiary/aromatic N) is 2. The second-order valence-electron chi connectivity index (χ2n) is 4.30. The molecule has 1 saturated heterocycles. The van der Waals surface area contributed by atoms with E-state index in [-0.39, 0.29) is 6.04 Å². The zero-order valence-electron chi connectivity index (χ0n) is 9.71. The Balaban J connectivity index is 1.79. The smallest absolute Gasteiger partial charge is 0.138 e. The van der Waals surface area contributed by atoms with E-state index in [0.29, 0.717) is 6.61 Å². The zero-order valence-corrected chi connectivity index (χ0v) is 9.71. The molecule has 4 heteroatoms. The first-order chi connectivity index (χ1) is 8.45. The predicted molar refractivity (Wildman–Crippen MR) is 65.1 cm³/mol. The first-order valence-electron chi connectivity index (χ1n) is 6.02. The van der Waals surface area contributed by atoms with Crippen molar-refractivity contribution in [3.8, 4) is 0 Å². The van der Waals surface area contributed by atoms with Gasteiger partial charge in [0.05, 0.1) is 19.3 Å². The molecule has 17 heavy (non-hydrogen) atoms. The number of morpholine rings is 1. The first-order valence-corrected chi connectivity index (χ1v) is 6.02. The van der Waals surface area contributed by atoms with E-state index in [1.54, 1.807) is 0 Å². The molecule has 2 aliphatic heterocycles. The summed E-state index contributed by atoms with van der Waals surface area (Å²) in [6.45, 7) is 4.18. The molecular formula is C13H16N2O2. The number of hydrogen-bond donors (Lipinski definition) is 0. The third-order valence-corrected chi connectivity index (χ3v) is 3.27. The monoisotopic (exact) mass is 232 g/mol. The van der Waals surface area contributed by atoms with Gasteiger partial charge >= 0.3 is 0 Å². The van der Waals surface area contributed by atoms with Crippen molar-refractivity contribution in [2.75, 3.05) is 32.9 Å². The molecule has 0 bridgehead atoms. The van der Waals surface area contributed by atoms with E-state index in [1.165, 1.54) is 0 Å². The summed E-state index contributed by atoms with van der Waals surface area (Å²) >= 11 is 0. The predicted octanol–water partition coefficient (Wildman–Crippen LogP) is 1.12. The molecule has 3 rings (SSSR count). The van der Waals surface area contributed by atoms with Crippen molar-refractivity contribution in [3.05, 3.63) is 35.9 Å². The van der Waals surface area contributed by atoms with Crippen LogP contribution < -0.4 is 0 Å². The van der Waals surface area contributed by atoms with Crippen LogP contribution in [-0.2, 0) is 9.57 Å². The van der Waals surface area contributed by atoms with Gasteiger partial charge < -0.3 is 9.57 Å². The summed E-state index contributed by atoms with van der Waals surface area (Å²) in [6.07, 6.45) is 0. The molecule has 0 radical (unpaired) electrons. The first kappa shape index (κ1) is 10.7. The lowest BCUT2D eigenvalue weighted by molar-refractivity contribution is 0.0172. The lowest BCUT2D eigenvalue weighted by Gasteiger charge is -2.31. The fourth-order valence-electron chi connectivity index (χ4n) is 2.34.